The van der Waals surface area contributed by atoms with Gasteiger partial charge in [0.1, 0.15) is 5.82 Å². The Morgan fingerprint density at radius 1 is 1.47 bits per heavy atom. The van der Waals surface area contributed by atoms with Crippen LogP contribution in [0.25, 0.3) is 0 Å². The van der Waals surface area contributed by atoms with Crippen molar-refractivity contribution in [3.8, 4) is 0 Å². The molecule has 0 saturated carbocycles. The van der Waals surface area contributed by atoms with Gasteiger partial charge in [-0.3, -0.25) is 4.79 Å². The maximum Gasteiger partial charge on any atom is 0.151 e. The Morgan fingerprint density at radius 2 is 2.27 bits per heavy atom. The molecule has 0 amide bonds. The number of pyridine rings is 1. The Hall–Kier alpha value is -1.38. The highest BCUT2D eigenvalue weighted by Gasteiger charge is 2.32. The Morgan fingerprint density at radius 3 is 2.73 bits per heavy atom. The van der Waals surface area contributed by atoms with Crippen LogP contribution < -0.4 is 4.90 Å². The molecule has 0 atom stereocenters. The monoisotopic (exact) mass is 204 g/mol. The molecule has 3 heteroatoms. The summed E-state index contributed by atoms with van der Waals surface area (Å²) in [6.45, 7) is 5.52. The van der Waals surface area contributed by atoms with Crippen LogP contribution in [0.15, 0.2) is 18.3 Å². The zero-order valence-corrected chi connectivity index (χ0v) is 9.23. The van der Waals surface area contributed by atoms with E-state index in [2.05, 4.69) is 23.7 Å². The molecular weight excluding hydrogens is 188 g/mol. The van der Waals surface area contributed by atoms with Gasteiger partial charge in [0.25, 0.3) is 0 Å². The Balaban J connectivity index is 2.26. The van der Waals surface area contributed by atoms with Crippen molar-refractivity contribution >= 4 is 12.1 Å². The topological polar surface area (TPSA) is 33.2 Å². The third kappa shape index (κ3) is 1.87. The van der Waals surface area contributed by atoms with Crippen molar-refractivity contribution in [3.63, 3.8) is 0 Å². The highest BCUT2D eigenvalue weighted by molar-refractivity contribution is 5.74. The van der Waals surface area contributed by atoms with Crippen molar-refractivity contribution in [1.82, 2.24) is 4.98 Å². The van der Waals surface area contributed by atoms with E-state index in [9.17, 15) is 4.79 Å². The van der Waals surface area contributed by atoms with Crippen LogP contribution in [-0.2, 0) is 0 Å². The number of rotatable bonds is 2. The third-order valence-corrected chi connectivity index (χ3v) is 3.08. The third-order valence-electron chi connectivity index (χ3n) is 3.08. The standard InChI is InChI=1S/C12H16N2O/c1-12(2)6-3-7-14(12)11-5-4-10(9-15)8-13-11/h4-5,8-9H,3,6-7H2,1-2H3. The number of carbonyl (C=O) groups is 1. The number of hydrogen-bond donors (Lipinski definition) is 0. The number of aromatic nitrogens is 1. The summed E-state index contributed by atoms with van der Waals surface area (Å²) in [7, 11) is 0. The van der Waals surface area contributed by atoms with E-state index in [1.807, 2.05) is 12.1 Å². The number of aldehydes is 1. The molecule has 1 aromatic rings. The maximum absolute atomic E-state index is 10.5. The summed E-state index contributed by atoms with van der Waals surface area (Å²) < 4.78 is 0. The summed E-state index contributed by atoms with van der Waals surface area (Å²) in [5.74, 6) is 0.975. The van der Waals surface area contributed by atoms with Crippen LogP contribution in [0.5, 0.6) is 0 Å². The van der Waals surface area contributed by atoms with E-state index in [-0.39, 0.29) is 5.54 Å². The predicted octanol–water partition coefficient (Wildman–Crippen LogP) is 2.27. The molecule has 1 aliphatic heterocycles. The summed E-state index contributed by atoms with van der Waals surface area (Å²) >= 11 is 0. The second-order valence-electron chi connectivity index (χ2n) is 4.64. The highest BCUT2D eigenvalue weighted by Crippen LogP contribution is 2.31. The second-order valence-corrected chi connectivity index (χ2v) is 4.64. The fourth-order valence-corrected chi connectivity index (χ4v) is 2.16. The Kier molecular flexibility index (Phi) is 2.47. The van der Waals surface area contributed by atoms with Gasteiger partial charge in [0.05, 0.1) is 0 Å². The molecule has 3 nitrogen and oxygen atoms in total. The van der Waals surface area contributed by atoms with E-state index in [0.717, 1.165) is 18.6 Å². The molecule has 80 valence electrons. The summed E-state index contributed by atoms with van der Waals surface area (Å²) in [6, 6.07) is 3.75. The summed E-state index contributed by atoms with van der Waals surface area (Å²) in [6.07, 6.45) is 4.87. The van der Waals surface area contributed by atoms with Crippen LogP contribution in [-0.4, -0.2) is 23.4 Å². The molecule has 2 heterocycles. The lowest BCUT2D eigenvalue weighted by molar-refractivity contribution is 0.112. The van der Waals surface area contributed by atoms with Gasteiger partial charge in [0.15, 0.2) is 6.29 Å². The first-order valence-corrected chi connectivity index (χ1v) is 5.32. The lowest BCUT2D eigenvalue weighted by atomic mass is 10.0. The number of hydrogen-bond acceptors (Lipinski definition) is 3. The summed E-state index contributed by atoms with van der Waals surface area (Å²) in [5, 5.41) is 0. The lowest BCUT2D eigenvalue weighted by Gasteiger charge is -2.32. The van der Waals surface area contributed by atoms with Crippen molar-refractivity contribution in [2.75, 3.05) is 11.4 Å². The van der Waals surface area contributed by atoms with Crippen LogP contribution >= 0.6 is 0 Å². The fraction of sp³-hybridized carbons (Fsp3) is 0.500. The summed E-state index contributed by atoms with van der Waals surface area (Å²) in [5.41, 5.74) is 0.825. The molecule has 1 aromatic heterocycles. The lowest BCUT2D eigenvalue weighted by Crippen LogP contribution is -2.38. The molecule has 1 fully saturated rings. The van der Waals surface area contributed by atoms with E-state index in [0.29, 0.717) is 5.56 Å². The van der Waals surface area contributed by atoms with E-state index in [4.69, 9.17) is 0 Å². The molecular formula is C12H16N2O. The molecule has 0 radical (unpaired) electrons. The van der Waals surface area contributed by atoms with Gasteiger partial charge in [-0.1, -0.05) is 0 Å². The molecule has 2 rings (SSSR count). The van der Waals surface area contributed by atoms with Gasteiger partial charge in [0.2, 0.25) is 0 Å². The van der Waals surface area contributed by atoms with Crippen molar-refractivity contribution in [1.29, 1.82) is 0 Å². The zero-order valence-electron chi connectivity index (χ0n) is 9.23. The SMILES string of the molecule is CC1(C)CCCN1c1ccc(C=O)cn1. The first-order valence-electron chi connectivity index (χ1n) is 5.32. The zero-order chi connectivity index (χ0) is 10.9. The first kappa shape index (κ1) is 10.1. The average Bonchev–Trinajstić information content (AvgIpc) is 2.58. The quantitative estimate of drug-likeness (QED) is 0.693. The number of nitrogens with zero attached hydrogens (tertiary/aromatic N) is 2. The Labute approximate surface area is 90.1 Å². The average molecular weight is 204 g/mol. The summed E-state index contributed by atoms with van der Waals surface area (Å²) in [4.78, 5) is 17.1. The minimum absolute atomic E-state index is 0.190. The van der Waals surface area contributed by atoms with Crippen LogP contribution in [0.2, 0.25) is 0 Å². The molecule has 1 aliphatic rings. The smallest absolute Gasteiger partial charge is 0.151 e. The van der Waals surface area contributed by atoms with Crippen LogP contribution in [0, 0.1) is 0 Å². The van der Waals surface area contributed by atoms with Crippen molar-refractivity contribution in [2.45, 2.75) is 32.2 Å². The highest BCUT2D eigenvalue weighted by atomic mass is 16.1. The molecule has 0 N–H and O–H groups in total. The largest absolute Gasteiger partial charge is 0.352 e. The molecule has 0 bridgehead atoms. The van der Waals surface area contributed by atoms with Gasteiger partial charge >= 0.3 is 0 Å². The molecule has 1 saturated heterocycles. The van der Waals surface area contributed by atoms with Crippen molar-refractivity contribution in [3.05, 3.63) is 23.9 Å². The van der Waals surface area contributed by atoms with Crippen LogP contribution in [0.1, 0.15) is 37.0 Å². The minimum atomic E-state index is 0.190. The van der Waals surface area contributed by atoms with Gasteiger partial charge < -0.3 is 4.90 Å². The second kappa shape index (κ2) is 3.65. The van der Waals surface area contributed by atoms with E-state index in [1.165, 1.54) is 12.8 Å². The molecule has 0 aliphatic carbocycles. The molecule has 0 unspecified atom stereocenters. The number of carbonyl (C=O) groups excluding carboxylic acids is 1. The molecule has 0 aromatic carbocycles. The van der Waals surface area contributed by atoms with Crippen LogP contribution in [0.4, 0.5) is 5.82 Å². The van der Waals surface area contributed by atoms with E-state index >= 15 is 0 Å². The van der Waals surface area contributed by atoms with Gasteiger partial charge in [-0.15, -0.1) is 0 Å². The van der Waals surface area contributed by atoms with Gasteiger partial charge in [0, 0.05) is 23.8 Å². The first-order chi connectivity index (χ1) is 7.13. The number of anilines is 1. The van der Waals surface area contributed by atoms with Gasteiger partial charge in [-0.2, -0.15) is 0 Å². The fourth-order valence-electron chi connectivity index (χ4n) is 2.16. The van der Waals surface area contributed by atoms with Gasteiger partial charge in [-0.05, 0) is 38.8 Å². The predicted molar refractivity (Wildman–Crippen MR) is 60.3 cm³/mol. The Bertz CT molecular complexity index is 356. The van der Waals surface area contributed by atoms with Crippen LogP contribution in [0.3, 0.4) is 0 Å². The normalized spacial score (nSPS) is 19.2. The van der Waals surface area contributed by atoms with E-state index < -0.39 is 0 Å². The molecule has 15 heavy (non-hydrogen) atoms. The minimum Gasteiger partial charge on any atom is -0.352 e. The van der Waals surface area contributed by atoms with Crippen molar-refractivity contribution < 1.29 is 4.79 Å². The van der Waals surface area contributed by atoms with E-state index in [1.54, 1.807) is 6.20 Å². The van der Waals surface area contributed by atoms with Crippen molar-refractivity contribution in [2.24, 2.45) is 0 Å². The van der Waals surface area contributed by atoms with Gasteiger partial charge in [-0.25, -0.2) is 4.98 Å². The molecule has 0 spiro atoms. The maximum atomic E-state index is 10.5.